The van der Waals surface area contributed by atoms with Gasteiger partial charge in [0.15, 0.2) is 0 Å². The molecule has 0 amide bonds. The summed E-state index contributed by atoms with van der Waals surface area (Å²) in [4.78, 5) is 10.7. The van der Waals surface area contributed by atoms with Gasteiger partial charge in [0.1, 0.15) is 6.10 Å². The van der Waals surface area contributed by atoms with E-state index in [2.05, 4.69) is 13.2 Å². The summed E-state index contributed by atoms with van der Waals surface area (Å²) in [6, 6.07) is 0. The van der Waals surface area contributed by atoms with Gasteiger partial charge in [0.05, 0.1) is 0 Å². The first-order valence-electron chi connectivity index (χ1n) is 3.81. The van der Waals surface area contributed by atoms with Gasteiger partial charge >= 0.3 is 5.97 Å². The van der Waals surface area contributed by atoms with Crippen molar-refractivity contribution in [2.45, 2.75) is 19.4 Å². The van der Waals surface area contributed by atoms with Crippen LogP contribution in [0.15, 0.2) is 37.5 Å². The molecule has 0 N–H and O–H groups in total. The number of hydrogen-bond donors (Lipinski definition) is 0. The molecule has 0 saturated heterocycles. The second-order valence-corrected chi connectivity index (χ2v) is 2.35. The zero-order valence-corrected chi connectivity index (χ0v) is 7.32. The molecule has 0 aliphatic heterocycles. The van der Waals surface area contributed by atoms with E-state index in [1.807, 2.05) is 19.1 Å². The van der Waals surface area contributed by atoms with Crippen molar-refractivity contribution in [3.8, 4) is 0 Å². The molecule has 0 aliphatic rings. The monoisotopic (exact) mass is 166 g/mol. The predicted molar refractivity (Wildman–Crippen MR) is 49.7 cm³/mol. The summed E-state index contributed by atoms with van der Waals surface area (Å²) in [7, 11) is 0. The van der Waals surface area contributed by atoms with Crippen LogP contribution >= 0.6 is 0 Å². The summed E-state index contributed by atoms with van der Waals surface area (Å²) in [5.41, 5.74) is 0. The Morgan fingerprint density at radius 2 is 2.25 bits per heavy atom. The topological polar surface area (TPSA) is 26.3 Å². The van der Waals surface area contributed by atoms with Gasteiger partial charge in [-0.3, -0.25) is 0 Å². The molecule has 2 heteroatoms. The maximum atomic E-state index is 10.7. The molecule has 2 nitrogen and oxygen atoms in total. The van der Waals surface area contributed by atoms with Gasteiger partial charge in [0.25, 0.3) is 0 Å². The molecule has 12 heavy (non-hydrogen) atoms. The zero-order valence-electron chi connectivity index (χ0n) is 7.32. The lowest BCUT2D eigenvalue weighted by Gasteiger charge is -2.08. The van der Waals surface area contributed by atoms with Gasteiger partial charge in [-0.05, 0) is 6.92 Å². The molecule has 0 aromatic carbocycles. The first-order valence-corrected chi connectivity index (χ1v) is 3.81. The van der Waals surface area contributed by atoms with E-state index in [0.29, 0.717) is 6.42 Å². The van der Waals surface area contributed by atoms with E-state index in [1.165, 1.54) is 0 Å². The lowest BCUT2D eigenvalue weighted by molar-refractivity contribution is -0.141. The number of allylic oxidation sites excluding steroid dienone is 2. The van der Waals surface area contributed by atoms with Crippen LogP contribution in [0.3, 0.4) is 0 Å². The largest absolute Gasteiger partial charge is 0.459 e. The van der Waals surface area contributed by atoms with Crippen molar-refractivity contribution in [2.75, 3.05) is 0 Å². The second-order valence-electron chi connectivity index (χ2n) is 2.35. The summed E-state index contributed by atoms with van der Waals surface area (Å²) < 4.78 is 4.90. The molecular weight excluding hydrogens is 152 g/mol. The molecule has 0 aliphatic carbocycles. The maximum absolute atomic E-state index is 10.7. The van der Waals surface area contributed by atoms with Crippen molar-refractivity contribution in [3.05, 3.63) is 37.5 Å². The van der Waals surface area contributed by atoms with Crippen molar-refractivity contribution in [2.24, 2.45) is 0 Å². The fourth-order valence-electron chi connectivity index (χ4n) is 0.661. The van der Waals surface area contributed by atoms with Gasteiger partial charge < -0.3 is 4.74 Å². The van der Waals surface area contributed by atoms with Crippen LogP contribution in [-0.2, 0) is 9.53 Å². The highest BCUT2D eigenvalue weighted by atomic mass is 16.5. The van der Waals surface area contributed by atoms with E-state index in [-0.39, 0.29) is 12.1 Å². The van der Waals surface area contributed by atoms with Crippen molar-refractivity contribution in [3.63, 3.8) is 0 Å². The molecule has 0 radical (unpaired) electrons. The van der Waals surface area contributed by atoms with Crippen molar-refractivity contribution in [1.82, 2.24) is 0 Å². The van der Waals surface area contributed by atoms with Crippen molar-refractivity contribution >= 4 is 5.97 Å². The van der Waals surface area contributed by atoms with Crippen LogP contribution in [0.5, 0.6) is 0 Å². The number of carbonyl (C=O) groups excluding carboxylic acids is 1. The number of ether oxygens (including phenoxy) is 1. The molecule has 0 rings (SSSR count). The molecular formula is C10H14O2. The predicted octanol–water partition coefficient (Wildman–Crippen LogP) is 2.24. The Bertz CT molecular complexity index is 192. The van der Waals surface area contributed by atoms with Crippen LogP contribution in [0.1, 0.15) is 13.3 Å². The fourth-order valence-corrected chi connectivity index (χ4v) is 0.661. The molecule has 0 bridgehead atoms. The van der Waals surface area contributed by atoms with Crippen LogP contribution in [-0.4, -0.2) is 12.1 Å². The average Bonchev–Trinajstić information content (AvgIpc) is 2.05. The highest BCUT2D eigenvalue weighted by Crippen LogP contribution is 1.99. The number of esters is 1. The minimum atomic E-state index is -0.380. The van der Waals surface area contributed by atoms with Crippen molar-refractivity contribution < 1.29 is 9.53 Å². The summed E-state index contributed by atoms with van der Waals surface area (Å²) in [5, 5.41) is 0. The molecule has 1 atom stereocenters. The average molecular weight is 166 g/mol. The Labute approximate surface area is 73.2 Å². The summed E-state index contributed by atoms with van der Waals surface area (Å²) in [6.07, 6.45) is 7.15. The Morgan fingerprint density at radius 1 is 1.58 bits per heavy atom. The van der Waals surface area contributed by atoms with E-state index in [1.54, 1.807) is 6.08 Å². The Kier molecular flexibility index (Phi) is 5.70. The van der Waals surface area contributed by atoms with Crippen LogP contribution in [0, 0.1) is 0 Å². The molecule has 66 valence electrons. The van der Waals surface area contributed by atoms with Gasteiger partial charge in [-0.2, -0.15) is 0 Å². The molecule has 0 fully saturated rings. The Morgan fingerprint density at radius 3 is 2.75 bits per heavy atom. The van der Waals surface area contributed by atoms with Crippen LogP contribution < -0.4 is 0 Å². The van der Waals surface area contributed by atoms with E-state index in [0.717, 1.165) is 6.08 Å². The van der Waals surface area contributed by atoms with Gasteiger partial charge in [0, 0.05) is 12.5 Å². The highest BCUT2D eigenvalue weighted by molar-refractivity contribution is 5.81. The third kappa shape index (κ3) is 5.47. The third-order valence-electron chi connectivity index (χ3n) is 1.22. The van der Waals surface area contributed by atoms with Crippen LogP contribution in [0.2, 0.25) is 0 Å². The van der Waals surface area contributed by atoms with E-state index in [4.69, 9.17) is 4.74 Å². The standard InChI is InChI=1S/C10H14O2/c1-4-6-7-8-9(3)12-10(11)5-2/h4-7,9H,1-2,8H2,3H3. The smallest absolute Gasteiger partial charge is 0.330 e. The lowest BCUT2D eigenvalue weighted by Crippen LogP contribution is -2.11. The SMILES string of the molecule is C=CC=CCC(C)OC(=O)C=C. The van der Waals surface area contributed by atoms with Gasteiger partial charge in [-0.15, -0.1) is 0 Å². The van der Waals surface area contributed by atoms with Crippen molar-refractivity contribution in [1.29, 1.82) is 0 Å². The summed E-state index contributed by atoms with van der Waals surface area (Å²) >= 11 is 0. The number of hydrogen-bond acceptors (Lipinski definition) is 2. The molecule has 0 aromatic rings. The molecule has 0 heterocycles. The Balaban J connectivity index is 3.65. The zero-order chi connectivity index (χ0) is 9.40. The lowest BCUT2D eigenvalue weighted by atomic mass is 10.2. The normalized spacial score (nSPS) is 12.4. The summed E-state index contributed by atoms with van der Waals surface area (Å²) in [5.74, 6) is -0.380. The molecule has 1 unspecified atom stereocenters. The second kappa shape index (κ2) is 6.40. The maximum Gasteiger partial charge on any atom is 0.330 e. The van der Waals surface area contributed by atoms with Gasteiger partial charge in [0.2, 0.25) is 0 Å². The van der Waals surface area contributed by atoms with E-state index in [9.17, 15) is 4.79 Å². The minimum Gasteiger partial charge on any atom is -0.459 e. The molecule has 0 aromatic heterocycles. The molecule has 0 saturated carbocycles. The number of rotatable bonds is 5. The highest BCUT2D eigenvalue weighted by Gasteiger charge is 2.02. The minimum absolute atomic E-state index is 0.105. The van der Waals surface area contributed by atoms with Crippen LogP contribution in [0.25, 0.3) is 0 Å². The first kappa shape index (κ1) is 10.7. The van der Waals surface area contributed by atoms with Crippen LogP contribution in [0.4, 0.5) is 0 Å². The summed E-state index contributed by atoms with van der Waals surface area (Å²) in [6.45, 7) is 8.65. The third-order valence-corrected chi connectivity index (χ3v) is 1.22. The quantitative estimate of drug-likeness (QED) is 0.355. The van der Waals surface area contributed by atoms with E-state index >= 15 is 0 Å². The van der Waals surface area contributed by atoms with Gasteiger partial charge in [-0.25, -0.2) is 4.79 Å². The first-order chi connectivity index (χ1) is 5.70. The Hall–Kier alpha value is -1.31. The van der Waals surface area contributed by atoms with E-state index < -0.39 is 0 Å². The molecule has 0 spiro atoms. The number of carbonyl (C=O) groups is 1. The van der Waals surface area contributed by atoms with Gasteiger partial charge in [-0.1, -0.05) is 31.4 Å². The fraction of sp³-hybridized carbons (Fsp3) is 0.300.